The smallest absolute Gasteiger partial charge is 0.456 e. The van der Waals surface area contributed by atoms with Gasteiger partial charge in [0.15, 0.2) is 0 Å². The number of rotatable bonds is 61. The first-order valence-corrected chi connectivity index (χ1v) is 35.0. The van der Waals surface area contributed by atoms with E-state index in [4.69, 9.17) is 13.8 Å². The SMILES string of the molecule is CC/C=C/C/C=C/CCCCCCCCCC(=O)OC(/C=C\CCCCCCCCCCC)C(COP(=O)(O)OCC[N+](C)(C)C)NC(=O)CCCCCCCCCCCCCCCCCCC/C=C/CCCCCCCC. The molecule has 0 aromatic carbocycles. The van der Waals surface area contributed by atoms with Crippen LogP contribution in [0.3, 0.4) is 0 Å². The number of phosphoric acid groups is 1. The van der Waals surface area contributed by atoms with Gasteiger partial charge in [0.1, 0.15) is 19.3 Å². The van der Waals surface area contributed by atoms with Crippen LogP contribution in [0.5, 0.6) is 0 Å². The minimum atomic E-state index is -4.45. The second-order valence-corrected chi connectivity index (χ2v) is 25.4. The molecule has 0 aliphatic carbocycles. The Labute approximate surface area is 484 Å². The predicted octanol–water partition coefficient (Wildman–Crippen LogP) is 20.8. The number of nitrogens with one attached hydrogen (secondary N) is 1. The molecule has 10 heteroatoms. The number of likely N-dealkylation sites (N-methyl/N-ethyl adjacent to an activating group) is 1. The van der Waals surface area contributed by atoms with Crippen molar-refractivity contribution in [3.63, 3.8) is 0 Å². The number of esters is 1. The summed E-state index contributed by atoms with van der Waals surface area (Å²) in [6, 6.07) is -0.849. The molecular formula is C68H130N2O7P+. The van der Waals surface area contributed by atoms with Crippen LogP contribution in [0, 0.1) is 0 Å². The van der Waals surface area contributed by atoms with Crippen molar-refractivity contribution in [2.75, 3.05) is 40.9 Å². The van der Waals surface area contributed by atoms with Gasteiger partial charge in [-0.15, -0.1) is 0 Å². The van der Waals surface area contributed by atoms with E-state index in [2.05, 4.69) is 62.5 Å². The molecule has 0 aliphatic rings. The van der Waals surface area contributed by atoms with Gasteiger partial charge in [-0.05, 0) is 83.1 Å². The number of carbonyl (C=O) groups excluding carboxylic acids is 2. The number of allylic oxidation sites excluding steroid dienone is 7. The lowest BCUT2D eigenvalue weighted by Gasteiger charge is -2.27. The molecule has 0 rings (SSSR count). The molecule has 78 heavy (non-hydrogen) atoms. The summed E-state index contributed by atoms with van der Waals surface area (Å²) in [4.78, 5) is 37.7. The van der Waals surface area contributed by atoms with Crippen molar-refractivity contribution < 1.29 is 37.3 Å². The van der Waals surface area contributed by atoms with Crippen molar-refractivity contribution in [3.05, 3.63) is 48.6 Å². The lowest BCUT2D eigenvalue weighted by molar-refractivity contribution is -0.870. The summed E-state index contributed by atoms with van der Waals surface area (Å²) in [5, 5.41) is 3.06. The lowest BCUT2D eigenvalue weighted by atomic mass is 10.0. The van der Waals surface area contributed by atoms with Crippen molar-refractivity contribution in [2.45, 2.75) is 335 Å². The van der Waals surface area contributed by atoms with Crippen LogP contribution >= 0.6 is 7.82 Å². The Kier molecular flexibility index (Phi) is 56.7. The molecule has 0 aliphatic heterocycles. The van der Waals surface area contributed by atoms with Crippen molar-refractivity contribution >= 4 is 19.7 Å². The number of ether oxygens (including phenoxy) is 1. The van der Waals surface area contributed by atoms with E-state index < -0.39 is 20.0 Å². The Hall–Kier alpha value is -2.03. The minimum Gasteiger partial charge on any atom is -0.456 e. The highest BCUT2D eigenvalue weighted by molar-refractivity contribution is 7.47. The number of quaternary nitrogens is 1. The van der Waals surface area contributed by atoms with Crippen molar-refractivity contribution in [3.8, 4) is 0 Å². The number of nitrogens with zero attached hydrogens (tertiary/aromatic N) is 1. The number of carbonyl (C=O) groups is 2. The van der Waals surface area contributed by atoms with Crippen LogP contribution in [0.25, 0.3) is 0 Å². The maximum atomic E-state index is 13.6. The summed E-state index contributed by atoms with van der Waals surface area (Å²) in [6.45, 7) is 6.93. The fourth-order valence-corrected chi connectivity index (χ4v) is 10.6. The second-order valence-electron chi connectivity index (χ2n) is 24.0. The molecule has 0 fully saturated rings. The van der Waals surface area contributed by atoms with E-state index in [0.717, 1.165) is 83.5 Å². The maximum Gasteiger partial charge on any atom is 0.472 e. The summed E-state index contributed by atoms with van der Waals surface area (Å²) in [7, 11) is 1.50. The molecule has 9 nitrogen and oxygen atoms in total. The van der Waals surface area contributed by atoms with Gasteiger partial charge in [-0.3, -0.25) is 18.6 Å². The zero-order valence-electron chi connectivity index (χ0n) is 52.4. The Balaban J connectivity index is 4.95. The first-order chi connectivity index (χ1) is 37.9. The van der Waals surface area contributed by atoms with Gasteiger partial charge >= 0.3 is 13.8 Å². The molecule has 0 saturated heterocycles. The largest absolute Gasteiger partial charge is 0.472 e. The Morgan fingerprint density at radius 3 is 1.23 bits per heavy atom. The molecule has 3 unspecified atom stereocenters. The Morgan fingerprint density at radius 2 is 0.821 bits per heavy atom. The second kappa shape index (κ2) is 58.2. The number of amides is 1. The van der Waals surface area contributed by atoms with Gasteiger partial charge in [-0.25, -0.2) is 4.57 Å². The van der Waals surface area contributed by atoms with Crippen LogP contribution in [-0.4, -0.2) is 74.3 Å². The fraction of sp³-hybridized carbons (Fsp3) is 0.853. The van der Waals surface area contributed by atoms with Crippen molar-refractivity contribution in [1.29, 1.82) is 0 Å². The molecule has 0 saturated carbocycles. The summed E-state index contributed by atoms with van der Waals surface area (Å²) in [5.41, 5.74) is 0. The monoisotopic (exact) mass is 1120 g/mol. The molecule has 2 N–H and O–H groups in total. The van der Waals surface area contributed by atoms with Crippen molar-refractivity contribution in [2.24, 2.45) is 0 Å². The van der Waals surface area contributed by atoms with Crippen molar-refractivity contribution in [1.82, 2.24) is 5.32 Å². The van der Waals surface area contributed by atoms with Gasteiger partial charge in [-0.1, -0.05) is 275 Å². The van der Waals surface area contributed by atoms with Crippen LogP contribution in [0.15, 0.2) is 48.6 Å². The van der Waals surface area contributed by atoms with Gasteiger partial charge < -0.3 is 19.4 Å². The number of hydrogen-bond donors (Lipinski definition) is 2. The van der Waals surface area contributed by atoms with Crippen LogP contribution in [0.2, 0.25) is 0 Å². The van der Waals surface area contributed by atoms with E-state index in [1.54, 1.807) is 0 Å². The Morgan fingerprint density at radius 1 is 0.462 bits per heavy atom. The highest BCUT2D eigenvalue weighted by Crippen LogP contribution is 2.43. The van der Waals surface area contributed by atoms with E-state index in [1.165, 1.54) is 205 Å². The van der Waals surface area contributed by atoms with E-state index in [1.807, 2.05) is 33.3 Å². The molecule has 458 valence electrons. The fourth-order valence-electron chi connectivity index (χ4n) is 9.86. The minimum absolute atomic E-state index is 0.0400. The first kappa shape index (κ1) is 76.0. The molecule has 0 heterocycles. The lowest BCUT2D eigenvalue weighted by Crippen LogP contribution is -2.47. The summed E-state index contributed by atoms with van der Waals surface area (Å²) >= 11 is 0. The Bertz CT molecular complexity index is 1470. The third-order valence-electron chi connectivity index (χ3n) is 15.0. The third-order valence-corrected chi connectivity index (χ3v) is 16.0. The number of phosphoric ester groups is 1. The van der Waals surface area contributed by atoms with E-state index in [-0.39, 0.29) is 31.5 Å². The van der Waals surface area contributed by atoms with Gasteiger partial charge in [0.05, 0.1) is 33.8 Å². The van der Waals surface area contributed by atoms with Gasteiger partial charge in [0.2, 0.25) is 5.91 Å². The number of hydrogen-bond acceptors (Lipinski definition) is 6. The highest BCUT2D eigenvalue weighted by Gasteiger charge is 2.30. The van der Waals surface area contributed by atoms with Gasteiger partial charge in [0.25, 0.3) is 0 Å². The van der Waals surface area contributed by atoms with Gasteiger partial charge in [0, 0.05) is 12.8 Å². The average Bonchev–Trinajstić information content (AvgIpc) is 3.40. The molecule has 0 radical (unpaired) electrons. The van der Waals surface area contributed by atoms with E-state index in [9.17, 15) is 19.0 Å². The summed E-state index contributed by atoms with van der Waals surface area (Å²) in [6.07, 6.45) is 72.7. The van der Waals surface area contributed by atoms with Crippen LogP contribution in [0.1, 0.15) is 323 Å². The standard InChI is InChI=1S/C68H129N2O7P/c1-7-10-13-16-19-22-25-27-29-30-31-32-33-34-35-36-37-38-39-40-41-42-45-48-51-54-57-60-67(71)69-65(64-76-78(73,74)75-63-62-70(4,5)6)66(59-56-53-50-47-44-24-21-18-15-12-9-3)77-68(72)61-58-55-52-49-46-43-28-26-23-20-17-14-11-8-2/h11,14,20,23,27,29,56,59,65-66H,7-10,12-13,15-19,21-22,24-26,28,30-55,57-58,60-64H2,1-6H3,(H-,69,71,73,74)/p+1/b14-11+,23-20+,29-27+,59-56-. The molecule has 0 aromatic rings. The zero-order valence-corrected chi connectivity index (χ0v) is 53.3. The first-order valence-electron chi connectivity index (χ1n) is 33.5. The quantitative estimate of drug-likeness (QED) is 0.0205. The maximum absolute atomic E-state index is 13.6. The van der Waals surface area contributed by atoms with E-state index >= 15 is 0 Å². The molecule has 0 spiro atoms. The predicted molar refractivity (Wildman–Crippen MR) is 337 cm³/mol. The molecule has 0 aromatic heterocycles. The van der Waals surface area contributed by atoms with E-state index in [0.29, 0.717) is 17.4 Å². The van der Waals surface area contributed by atoms with Crippen LogP contribution < -0.4 is 5.32 Å². The molecule has 1 amide bonds. The summed E-state index contributed by atoms with van der Waals surface area (Å²) < 4.78 is 30.7. The molecule has 0 bridgehead atoms. The zero-order chi connectivity index (χ0) is 57.2. The topological polar surface area (TPSA) is 111 Å². The van der Waals surface area contributed by atoms with Gasteiger partial charge in [-0.2, -0.15) is 0 Å². The summed E-state index contributed by atoms with van der Waals surface area (Å²) in [5.74, 6) is -0.504. The number of unbranched alkanes of at least 4 members (excludes halogenated alkanes) is 39. The molecule has 3 atom stereocenters. The highest BCUT2D eigenvalue weighted by atomic mass is 31.2. The normalized spacial score (nSPS) is 13.9. The third kappa shape index (κ3) is 58.6. The van der Waals surface area contributed by atoms with Crippen LogP contribution in [0.4, 0.5) is 0 Å². The molecular weight excluding hydrogens is 988 g/mol. The van der Waals surface area contributed by atoms with Crippen LogP contribution in [-0.2, 0) is 27.9 Å². The average molecular weight is 1120 g/mol.